The summed E-state index contributed by atoms with van der Waals surface area (Å²) in [6, 6.07) is 7.49. The number of hydrogen-bond donors (Lipinski definition) is 1. The first-order chi connectivity index (χ1) is 6.83. The monoisotopic (exact) mass is 191 g/mol. The Hall–Kier alpha value is -1.22. The smallest absolute Gasteiger partial charge is 0.138 e. The van der Waals surface area contributed by atoms with Crippen LogP contribution in [0, 0.1) is 0 Å². The van der Waals surface area contributed by atoms with Gasteiger partial charge in [-0.25, -0.2) is 0 Å². The van der Waals surface area contributed by atoms with Crippen molar-refractivity contribution in [3.8, 4) is 5.75 Å². The van der Waals surface area contributed by atoms with Crippen LogP contribution in [0.3, 0.4) is 0 Å². The van der Waals surface area contributed by atoms with Gasteiger partial charge >= 0.3 is 0 Å². The van der Waals surface area contributed by atoms with Crippen LogP contribution < -0.4 is 4.90 Å². The van der Waals surface area contributed by atoms with Crippen molar-refractivity contribution in [2.45, 2.75) is 18.6 Å². The van der Waals surface area contributed by atoms with Gasteiger partial charge in [0, 0.05) is 19.5 Å². The van der Waals surface area contributed by atoms with Crippen molar-refractivity contribution in [1.29, 1.82) is 0 Å². The number of morpholine rings is 1. The molecule has 3 saturated heterocycles. The van der Waals surface area contributed by atoms with Gasteiger partial charge in [-0.2, -0.15) is 0 Å². The van der Waals surface area contributed by atoms with E-state index < -0.39 is 0 Å². The highest BCUT2D eigenvalue weighted by atomic mass is 16.5. The second-order valence-electron chi connectivity index (χ2n) is 4.01. The molecule has 1 aromatic carbocycles. The van der Waals surface area contributed by atoms with Crippen LogP contribution >= 0.6 is 0 Å². The van der Waals surface area contributed by atoms with Crippen molar-refractivity contribution < 1.29 is 9.84 Å². The Morgan fingerprint density at radius 3 is 2.50 bits per heavy atom. The summed E-state index contributed by atoms with van der Waals surface area (Å²) in [7, 11) is 0. The number of rotatable bonds is 1. The van der Waals surface area contributed by atoms with E-state index in [1.165, 1.54) is 6.42 Å². The molecule has 3 nitrogen and oxygen atoms in total. The van der Waals surface area contributed by atoms with E-state index in [-0.39, 0.29) is 0 Å². The van der Waals surface area contributed by atoms with E-state index in [1.807, 2.05) is 18.2 Å². The normalized spacial score (nSPS) is 29.9. The molecular formula is C11H13NO2. The summed E-state index contributed by atoms with van der Waals surface area (Å²) >= 11 is 0. The van der Waals surface area contributed by atoms with Crippen LogP contribution in [0.25, 0.3) is 0 Å². The molecule has 0 aromatic heterocycles. The first kappa shape index (κ1) is 8.12. The molecule has 14 heavy (non-hydrogen) atoms. The molecule has 3 fully saturated rings. The summed E-state index contributed by atoms with van der Waals surface area (Å²) in [6.45, 7) is 1.82. The van der Waals surface area contributed by atoms with Crippen LogP contribution in [-0.2, 0) is 4.74 Å². The van der Waals surface area contributed by atoms with Gasteiger partial charge in [0.1, 0.15) is 5.75 Å². The van der Waals surface area contributed by atoms with Crippen molar-refractivity contribution in [2.24, 2.45) is 0 Å². The van der Waals surface area contributed by atoms with Crippen molar-refractivity contribution in [3.05, 3.63) is 24.3 Å². The summed E-state index contributed by atoms with van der Waals surface area (Å²) in [5, 5.41) is 9.68. The fourth-order valence-electron chi connectivity index (χ4n) is 2.28. The van der Waals surface area contributed by atoms with Gasteiger partial charge in [-0.15, -0.1) is 0 Å². The molecule has 0 amide bonds. The standard InChI is InChI=1S/C11H13NO2/c13-11-4-2-1-3-10(11)12-6-8-5-9(7-12)14-8/h1-4,8-9,13H,5-7H2. The second-order valence-corrected chi connectivity index (χ2v) is 4.01. The summed E-state index contributed by atoms with van der Waals surface area (Å²) in [4.78, 5) is 2.21. The zero-order valence-electron chi connectivity index (χ0n) is 7.89. The Morgan fingerprint density at radius 2 is 1.86 bits per heavy atom. The van der Waals surface area contributed by atoms with Crippen LogP contribution in [0.4, 0.5) is 5.69 Å². The predicted molar refractivity (Wildman–Crippen MR) is 53.6 cm³/mol. The molecule has 0 spiro atoms. The maximum atomic E-state index is 9.68. The molecule has 4 rings (SSSR count). The van der Waals surface area contributed by atoms with E-state index in [4.69, 9.17) is 4.74 Å². The van der Waals surface area contributed by atoms with E-state index in [0.717, 1.165) is 18.8 Å². The lowest BCUT2D eigenvalue weighted by atomic mass is 9.98. The minimum absolute atomic E-state index is 0.369. The number of benzene rings is 1. The zero-order valence-corrected chi connectivity index (χ0v) is 7.89. The lowest BCUT2D eigenvalue weighted by Gasteiger charge is -2.48. The van der Waals surface area contributed by atoms with Crippen LogP contribution in [0.15, 0.2) is 24.3 Å². The lowest BCUT2D eigenvalue weighted by Crippen LogP contribution is -2.57. The van der Waals surface area contributed by atoms with Crippen molar-refractivity contribution >= 4 is 5.69 Å². The average molecular weight is 191 g/mol. The second kappa shape index (κ2) is 2.89. The van der Waals surface area contributed by atoms with Gasteiger partial charge in [0.2, 0.25) is 0 Å². The lowest BCUT2D eigenvalue weighted by molar-refractivity contribution is -0.133. The maximum absolute atomic E-state index is 9.68. The summed E-state index contributed by atoms with van der Waals surface area (Å²) in [6.07, 6.45) is 1.95. The van der Waals surface area contributed by atoms with Gasteiger partial charge in [-0.1, -0.05) is 12.1 Å². The Morgan fingerprint density at radius 1 is 1.21 bits per heavy atom. The fourth-order valence-corrected chi connectivity index (χ4v) is 2.28. The molecular weight excluding hydrogens is 178 g/mol. The summed E-state index contributed by atoms with van der Waals surface area (Å²) in [5.41, 5.74) is 0.936. The number of hydrogen-bond acceptors (Lipinski definition) is 3. The molecule has 1 aromatic rings. The van der Waals surface area contributed by atoms with Gasteiger partial charge in [0.05, 0.1) is 17.9 Å². The Bertz CT molecular complexity index is 337. The van der Waals surface area contributed by atoms with E-state index >= 15 is 0 Å². The first-order valence-electron chi connectivity index (χ1n) is 5.01. The first-order valence-corrected chi connectivity index (χ1v) is 5.01. The minimum atomic E-state index is 0.369. The summed E-state index contributed by atoms with van der Waals surface area (Å²) in [5.74, 6) is 0.369. The van der Waals surface area contributed by atoms with Crippen molar-refractivity contribution in [2.75, 3.05) is 18.0 Å². The third-order valence-corrected chi connectivity index (χ3v) is 2.98. The molecule has 1 N–H and O–H groups in total. The molecule has 0 saturated carbocycles. The number of aromatic hydroxyl groups is 1. The SMILES string of the molecule is Oc1ccccc1N1CC2CC(C1)O2. The highest BCUT2D eigenvalue weighted by Gasteiger charge is 2.38. The van der Waals surface area contributed by atoms with E-state index in [2.05, 4.69) is 4.90 Å². The highest BCUT2D eigenvalue weighted by molar-refractivity contribution is 5.58. The predicted octanol–water partition coefficient (Wildman–Crippen LogP) is 1.37. The average Bonchev–Trinajstić information content (AvgIpc) is 2.17. The third-order valence-electron chi connectivity index (χ3n) is 2.98. The fraction of sp³-hybridized carbons (Fsp3) is 0.455. The number of piperidine rings is 1. The molecule has 3 aliphatic heterocycles. The molecule has 0 radical (unpaired) electrons. The largest absolute Gasteiger partial charge is 0.506 e. The number of fused-ring (bicyclic) bond motifs is 2. The molecule has 2 unspecified atom stereocenters. The Labute approximate surface area is 82.9 Å². The summed E-state index contributed by atoms with van der Waals surface area (Å²) < 4.78 is 5.54. The third kappa shape index (κ3) is 1.16. The molecule has 2 bridgehead atoms. The molecule has 2 atom stereocenters. The van der Waals surface area contributed by atoms with Gasteiger partial charge in [-0.05, 0) is 12.1 Å². The zero-order chi connectivity index (χ0) is 9.54. The van der Waals surface area contributed by atoms with Gasteiger partial charge in [0.15, 0.2) is 0 Å². The van der Waals surface area contributed by atoms with E-state index in [9.17, 15) is 5.11 Å². The number of para-hydroxylation sites is 2. The number of anilines is 1. The molecule has 3 aliphatic rings. The van der Waals surface area contributed by atoms with E-state index in [0.29, 0.717) is 18.0 Å². The molecule has 3 heterocycles. The minimum Gasteiger partial charge on any atom is -0.506 e. The van der Waals surface area contributed by atoms with E-state index in [1.54, 1.807) is 6.07 Å². The maximum Gasteiger partial charge on any atom is 0.138 e. The molecule has 74 valence electrons. The highest BCUT2D eigenvalue weighted by Crippen LogP contribution is 2.34. The van der Waals surface area contributed by atoms with Crippen LogP contribution in [0.1, 0.15) is 6.42 Å². The van der Waals surface area contributed by atoms with Gasteiger partial charge < -0.3 is 14.7 Å². The topological polar surface area (TPSA) is 32.7 Å². The quantitative estimate of drug-likeness (QED) is 0.727. The van der Waals surface area contributed by atoms with Gasteiger partial charge in [-0.3, -0.25) is 0 Å². The Kier molecular flexibility index (Phi) is 1.67. The van der Waals surface area contributed by atoms with Gasteiger partial charge in [0.25, 0.3) is 0 Å². The molecule has 3 heteroatoms. The van der Waals surface area contributed by atoms with Crippen molar-refractivity contribution in [1.82, 2.24) is 0 Å². The number of phenols is 1. The number of ether oxygens (including phenoxy) is 1. The van der Waals surface area contributed by atoms with Crippen LogP contribution in [0.5, 0.6) is 5.75 Å². The van der Waals surface area contributed by atoms with Crippen molar-refractivity contribution in [3.63, 3.8) is 0 Å². The number of phenolic OH excluding ortho intramolecular Hbond substituents is 1. The molecule has 0 aliphatic carbocycles. The van der Waals surface area contributed by atoms with Crippen LogP contribution in [0.2, 0.25) is 0 Å². The number of nitrogens with zero attached hydrogens (tertiary/aromatic N) is 1. The Balaban J connectivity index is 1.85. The van der Waals surface area contributed by atoms with Crippen LogP contribution in [-0.4, -0.2) is 30.4 Å².